The van der Waals surface area contributed by atoms with E-state index < -0.39 is 125 Å². The number of carbonyl (C=O) groups excluding carboxylic acids is 5. The fraction of sp³-hybridized carbons (Fsp3) is 0.528. The van der Waals surface area contributed by atoms with Crippen LogP contribution >= 0.6 is 0 Å². The van der Waals surface area contributed by atoms with Crippen LogP contribution in [0.2, 0.25) is 0 Å². The molecule has 10 atom stereocenters. The van der Waals surface area contributed by atoms with Gasteiger partial charge in [-0.1, -0.05) is 35.4 Å². The fourth-order valence-corrected chi connectivity index (χ4v) is 7.79. The molecular formula is C36H44O20S2. The summed E-state index contributed by atoms with van der Waals surface area (Å²) < 4.78 is 108. The van der Waals surface area contributed by atoms with Crippen molar-refractivity contribution in [2.24, 2.45) is 0 Å². The first-order valence-electron chi connectivity index (χ1n) is 17.5. The van der Waals surface area contributed by atoms with E-state index in [9.17, 15) is 45.9 Å². The van der Waals surface area contributed by atoms with Crippen LogP contribution in [-0.2, 0) is 90.5 Å². The highest BCUT2D eigenvalue weighted by Crippen LogP contribution is 2.35. The molecule has 0 unspecified atom stereocenters. The Morgan fingerprint density at radius 1 is 0.517 bits per heavy atom. The molecule has 2 fully saturated rings. The largest absolute Gasteiger partial charge is 0.456 e. The molecule has 0 amide bonds. The molecule has 0 spiro atoms. The number of rotatable bonds is 15. The zero-order chi connectivity index (χ0) is 43.1. The Kier molecular flexibility index (Phi) is 15.5. The molecule has 4 rings (SSSR count). The summed E-state index contributed by atoms with van der Waals surface area (Å²) in [6.45, 7) is 6.37. The van der Waals surface area contributed by atoms with Crippen molar-refractivity contribution in [3.63, 3.8) is 0 Å². The molecule has 0 radical (unpaired) electrons. The second kappa shape index (κ2) is 19.5. The minimum atomic E-state index is -4.54. The molecule has 0 saturated carbocycles. The Hall–Kier alpha value is -4.55. The molecule has 0 aliphatic carbocycles. The molecule has 2 heterocycles. The number of aliphatic hydroxyl groups excluding tert-OH is 1. The van der Waals surface area contributed by atoms with Crippen LogP contribution in [0.5, 0.6) is 0 Å². The predicted octanol–water partition coefficient (Wildman–Crippen LogP) is 0.900. The summed E-state index contributed by atoms with van der Waals surface area (Å²) in [6, 6.07) is 11.1. The highest BCUT2D eigenvalue weighted by atomic mass is 32.2. The Morgan fingerprint density at radius 3 is 1.28 bits per heavy atom. The van der Waals surface area contributed by atoms with Gasteiger partial charge < -0.3 is 43.0 Å². The normalized spacial score (nSPS) is 27.4. The van der Waals surface area contributed by atoms with Crippen LogP contribution in [-0.4, -0.2) is 126 Å². The maximum absolute atomic E-state index is 13.2. The molecular weight excluding hydrogens is 817 g/mol. The van der Waals surface area contributed by atoms with Crippen LogP contribution in [0, 0.1) is 13.8 Å². The van der Waals surface area contributed by atoms with Gasteiger partial charge in [-0.05, 0) is 38.1 Å². The van der Waals surface area contributed by atoms with Gasteiger partial charge in [-0.25, -0.2) is 0 Å². The summed E-state index contributed by atoms with van der Waals surface area (Å²) >= 11 is 0. The van der Waals surface area contributed by atoms with Crippen LogP contribution in [0.25, 0.3) is 0 Å². The maximum Gasteiger partial charge on any atom is 0.303 e. The Labute approximate surface area is 334 Å². The van der Waals surface area contributed by atoms with Crippen molar-refractivity contribution < 1.29 is 92.2 Å². The van der Waals surface area contributed by atoms with Crippen molar-refractivity contribution in [1.82, 2.24) is 0 Å². The lowest BCUT2D eigenvalue weighted by Gasteiger charge is -2.48. The van der Waals surface area contributed by atoms with Crippen LogP contribution in [0.15, 0.2) is 58.3 Å². The first kappa shape index (κ1) is 46.1. The zero-order valence-electron chi connectivity index (χ0n) is 32.3. The number of carbonyl (C=O) groups is 5. The number of hydrogen-bond acceptors (Lipinski definition) is 20. The first-order valence-corrected chi connectivity index (χ1v) is 20.3. The highest BCUT2D eigenvalue weighted by Gasteiger charge is 2.57. The minimum Gasteiger partial charge on any atom is -0.456 e. The summed E-state index contributed by atoms with van der Waals surface area (Å²) in [5.74, 6) is -5.00. The molecule has 20 nitrogen and oxygen atoms in total. The lowest BCUT2D eigenvalue weighted by molar-refractivity contribution is -0.356. The van der Waals surface area contributed by atoms with E-state index in [1.165, 1.54) is 48.5 Å². The van der Waals surface area contributed by atoms with Gasteiger partial charge in [0.25, 0.3) is 20.2 Å². The smallest absolute Gasteiger partial charge is 0.303 e. The molecule has 0 bridgehead atoms. The van der Waals surface area contributed by atoms with E-state index in [-0.39, 0.29) is 9.79 Å². The van der Waals surface area contributed by atoms with Gasteiger partial charge in [-0.2, -0.15) is 16.8 Å². The second-order valence-corrected chi connectivity index (χ2v) is 16.4. The Balaban J connectivity index is 1.81. The molecule has 58 heavy (non-hydrogen) atoms. The van der Waals surface area contributed by atoms with Crippen molar-refractivity contribution in [3.05, 3.63) is 59.7 Å². The van der Waals surface area contributed by atoms with Gasteiger partial charge >= 0.3 is 29.8 Å². The molecule has 2 saturated heterocycles. The number of hydrogen-bond donors (Lipinski definition) is 1. The molecule has 2 aromatic carbocycles. The molecule has 320 valence electrons. The van der Waals surface area contributed by atoms with Crippen LogP contribution in [0.4, 0.5) is 0 Å². The summed E-state index contributed by atoms with van der Waals surface area (Å²) in [6.07, 6.45) is -18.6. The van der Waals surface area contributed by atoms with Crippen LogP contribution < -0.4 is 0 Å². The molecule has 0 aromatic heterocycles. The third-order valence-electron chi connectivity index (χ3n) is 8.40. The number of aliphatic hydroxyl groups is 1. The molecule has 2 aromatic rings. The molecule has 2 aliphatic rings. The highest BCUT2D eigenvalue weighted by molar-refractivity contribution is 7.87. The van der Waals surface area contributed by atoms with E-state index >= 15 is 0 Å². The van der Waals surface area contributed by atoms with Gasteiger partial charge in [0.2, 0.25) is 0 Å². The van der Waals surface area contributed by atoms with Crippen molar-refractivity contribution >= 4 is 50.1 Å². The lowest BCUT2D eigenvalue weighted by Crippen LogP contribution is -2.67. The second-order valence-electron chi connectivity index (χ2n) is 13.2. The fourth-order valence-electron chi connectivity index (χ4n) is 5.95. The topological polar surface area (TPSA) is 266 Å². The minimum absolute atomic E-state index is 0.262. The van der Waals surface area contributed by atoms with Crippen LogP contribution in [0.3, 0.4) is 0 Å². The zero-order valence-corrected chi connectivity index (χ0v) is 34.0. The lowest BCUT2D eigenvalue weighted by atomic mass is 9.96. The van der Waals surface area contributed by atoms with E-state index in [1.54, 1.807) is 13.8 Å². The van der Waals surface area contributed by atoms with Gasteiger partial charge in [0, 0.05) is 34.6 Å². The van der Waals surface area contributed by atoms with Gasteiger partial charge in [0.1, 0.15) is 18.3 Å². The van der Waals surface area contributed by atoms with E-state index in [1.807, 2.05) is 0 Å². The van der Waals surface area contributed by atoms with E-state index in [0.717, 1.165) is 45.7 Å². The first-order chi connectivity index (χ1) is 27.1. The van der Waals surface area contributed by atoms with Gasteiger partial charge in [-0.3, -0.25) is 32.3 Å². The van der Waals surface area contributed by atoms with Gasteiger partial charge in [0.15, 0.2) is 43.1 Å². The number of ether oxygens (including phenoxy) is 8. The third-order valence-corrected chi connectivity index (χ3v) is 11.0. The quantitative estimate of drug-likeness (QED) is 0.148. The molecule has 22 heteroatoms. The predicted molar refractivity (Wildman–Crippen MR) is 191 cm³/mol. The molecule has 1 N–H and O–H groups in total. The average Bonchev–Trinajstić information content (AvgIpc) is 3.11. The standard InChI is InChI=1S/C36H44O20S2/c1-18-8-12-25(13-9-18)57(43,44)47-16-27-30(31(50-21(4)38)33(35(42)54-27)52-23(6)40)56-36-34(53-24(7)41)32(51-22(5)39)29(49-20(3)37)28(55-36)17-48-58(45,46)26-14-10-19(2)11-15-26/h8-15,27-36,42H,16-17H2,1-7H3/t27-,28-,29-,30-,31+,32+,33-,34-,35-,36-/m1/s1. The number of aryl methyl sites for hydroxylation is 2. The average molecular weight is 861 g/mol. The van der Waals surface area contributed by atoms with E-state index in [2.05, 4.69) is 0 Å². The van der Waals surface area contributed by atoms with E-state index in [0.29, 0.717) is 0 Å². The van der Waals surface area contributed by atoms with Crippen molar-refractivity contribution in [1.29, 1.82) is 0 Å². The van der Waals surface area contributed by atoms with Crippen molar-refractivity contribution in [2.45, 2.75) is 120 Å². The van der Waals surface area contributed by atoms with Gasteiger partial charge in [-0.15, -0.1) is 0 Å². The number of esters is 5. The molecule has 2 aliphatic heterocycles. The number of benzene rings is 2. The summed E-state index contributed by atoms with van der Waals surface area (Å²) in [5.41, 5.74) is 1.48. The summed E-state index contributed by atoms with van der Waals surface area (Å²) in [4.78, 5) is 61.5. The Bertz CT molecular complexity index is 2020. The van der Waals surface area contributed by atoms with E-state index in [4.69, 9.17) is 46.3 Å². The Morgan fingerprint density at radius 2 is 0.862 bits per heavy atom. The summed E-state index contributed by atoms with van der Waals surface area (Å²) in [5, 5.41) is 11.0. The SMILES string of the molecule is CC(=O)O[C@@H]1[C@@H](OC(C)=O)[C@H](O)O[C@H](COS(=O)(=O)c2ccc(C)cc2)[C@H]1O[C@H]1O[C@H](COS(=O)(=O)c2ccc(C)cc2)[C@@H](OC(C)=O)[C@H](OC(C)=O)[C@H]1OC(C)=O. The van der Waals surface area contributed by atoms with Gasteiger partial charge in [0.05, 0.1) is 23.0 Å². The van der Waals surface area contributed by atoms with Crippen molar-refractivity contribution in [2.75, 3.05) is 13.2 Å². The van der Waals surface area contributed by atoms with Crippen molar-refractivity contribution in [3.8, 4) is 0 Å². The third kappa shape index (κ3) is 12.2. The monoisotopic (exact) mass is 860 g/mol. The maximum atomic E-state index is 13.2. The summed E-state index contributed by atoms with van der Waals surface area (Å²) in [7, 11) is -9.07. The van der Waals surface area contributed by atoms with Crippen LogP contribution in [0.1, 0.15) is 45.7 Å².